The lowest BCUT2D eigenvalue weighted by Gasteiger charge is -2.12. The molecule has 118 valence electrons. The number of rotatable bonds is 5. The third-order valence-corrected chi connectivity index (χ3v) is 3.90. The summed E-state index contributed by atoms with van der Waals surface area (Å²) in [5.74, 6) is -0.146. The van der Waals surface area contributed by atoms with Gasteiger partial charge in [-0.05, 0) is 18.2 Å². The molecule has 0 spiro atoms. The van der Waals surface area contributed by atoms with E-state index in [1.165, 1.54) is 32.7 Å². The molecule has 0 atom stereocenters. The van der Waals surface area contributed by atoms with Crippen LogP contribution in [0, 0.1) is 5.82 Å². The van der Waals surface area contributed by atoms with Crippen molar-refractivity contribution in [2.24, 2.45) is 0 Å². The van der Waals surface area contributed by atoms with E-state index in [0.29, 0.717) is 0 Å². The zero-order valence-corrected chi connectivity index (χ0v) is 12.9. The Kier molecular flexibility index (Phi) is 4.45. The molecule has 0 aliphatic carbocycles. The van der Waals surface area contributed by atoms with Crippen LogP contribution in [0.25, 0.3) is 0 Å². The minimum Gasteiger partial charge on any atom is -0.489 e. The Morgan fingerprint density at radius 2 is 1.91 bits per heavy atom. The van der Waals surface area contributed by atoms with Crippen LogP contribution in [0.5, 0.6) is 11.6 Å². The minimum absolute atomic E-state index is 0.0476. The molecule has 0 amide bonds. The Hall–Kier alpha value is -2.42. The lowest BCUT2D eigenvalue weighted by Crippen LogP contribution is -2.04. The van der Waals surface area contributed by atoms with Crippen LogP contribution in [0.1, 0.15) is 0 Å². The van der Waals surface area contributed by atoms with Gasteiger partial charge in [-0.15, -0.1) is 0 Å². The molecule has 0 saturated carbocycles. The molecule has 0 radical (unpaired) electrons. The highest BCUT2D eigenvalue weighted by atomic mass is 32.2. The number of anilines is 2. The number of ether oxygens (including phenoxy) is 2. The highest BCUT2D eigenvalue weighted by Crippen LogP contribution is 2.33. The molecule has 22 heavy (non-hydrogen) atoms. The van der Waals surface area contributed by atoms with Crippen LogP contribution in [-0.4, -0.2) is 38.9 Å². The van der Waals surface area contributed by atoms with E-state index in [4.69, 9.17) is 9.47 Å². The number of halogens is 1. The van der Waals surface area contributed by atoms with Gasteiger partial charge in [-0.25, -0.2) is 17.8 Å². The Bertz CT molecular complexity index is 796. The maximum atomic E-state index is 14.0. The summed E-state index contributed by atoms with van der Waals surface area (Å²) < 4.78 is 47.0. The Morgan fingerprint density at radius 1 is 1.18 bits per heavy atom. The molecule has 0 aliphatic heterocycles. The van der Waals surface area contributed by atoms with Crippen LogP contribution in [0.3, 0.4) is 0 Å². The van der Waals surface area contributed by atoms with Crippen molar-refractivity contribution < 1.29 is 22.3 Å². The van der Waals surface area contributed by atoms with E-state index in [-0.39, 0.29) is 28.0 Å². The van der Waals surface area contributed by atoms with Gasteiger partial charge in [0.15, 0.2) is 15.7 Å². The summed E-state index contributed by atoms with van der Waals surface area (Å²) in [7, 11) is -0.665. The van der Waals surface area contributed by atoms with Gasteiger partial charge in [0.2, 0.25) is 5.75 Å². The van der Waals surface area contributed by atoms with Crippen molar-refractivity contribution in [2.45, 2.75) is 4.90 Å². The van der Waals surface area contributed by atoms with Crippen LogP contribution < -0.4 is 14.8 Å². The number of methoxy groups -OCH3 is 2. The number of nitrogens with one attached hydrogen (secondary N) is 1. The highest BCUT2D eigenvalue weighted by molar-refractivity contribution is 7.90. The molecule has 1 N–H and O–H groups in total. The number of aromatic nitrogens is 2. The van der Waals surface area contributed by atoms with Crippen molar-refractivity contribution in [2.75, 3.05) is 25.8 Å². The zero-order chi connectivity index (χ0) is 16.3. The number of sulfone groups is 1. The van der Waals surface area contributed by atoms with Gasteiger partial charge in [0.25, 0.3) is 5.88 Å². The first-order valence-electron chi connectivity index (χ1n) is 6.06. The molecule has 2 rings (SSSR count). The molecule has 1 aromatic heterocycles. The van der Waals surface area contributed by atoms with Gasteiger partial charge in [0, 0.05) is 6.26 Å². The number of nitrogens with zero attached hydrogens (tertiary/aromatic N) is 2. The maximum absolute atomic E-state index is 14.0. The Labute approximate surface area is 127 Å². The molecule has 9 heteroatoms. The van der Waals surface area contributed by atoms with Gasteiger partial charge < -0.3 is 14.8 Å². The number of hydrogen-bond donors (Lipinski definition) is 1. The Balaban J connectivity index is 2.40. The molecule has 0 bridgehead atoms. The fourth-order valence-corrected chi connectivity index (χ4v) is 2.36. The molecule has 7 nitrogen and oxygen atoms in total. The molecule has 1 heterocycles. The smallest absolute Gasteiger partial charge is 0.262 e. The van der Waals surface area contributed by atoms with Crippen LogP contribution in [-0.2, 0) is 9.84 Å². The van der Waals surface area contributed by atoms with E-state index in [9.17, 15) is 12.8 Å². The first-order chi connectivity index (χ1) is 10.4. The van der Waals surface area contributed by atoms with Gasteiger partial charge in [0.1, 0.15) is 12.1 Å². The lowest BCUT2D eigenvalue weighted by atomic mass is 10.3. The summed E-state index contributed by atoms with van der Waals surface area (Å²) in [5.41, 5.74) is 0.0476. The predicted molar refractivity (Wildman–Crippen MR) is 77.9 cm³/mol. The van der Waals surface area contributed by atoms with Gasteiger partial charge in [-0.3, -0.25) is 0 Å². The second-order valence-corrected chi connectivity index (χ2v) is 6.32. The van der Waals surface area contributed by atoms with E-state index in [1.54, 1.807) is 0 Å². The number of benzene rings is 1. The van der Waals surface area contributed by atoms with Crippen LogP contribution >= 0.6 is 0 Å². The van der Waals surface area contributed by atoms with Gasteiger partial charge in [-0.2, -0.15) is 4.98 Å². The third kappa shape index (κ3) is 3.25. The maximum Gasteiger partial charge on any atom is 0.262 e. The summed E-state index contributed by atoms with van der Waals surface area (Å²) in [6, 6.07) is 3.54. The van der Waals surface area contributed by atoms with Crippen LogP contribution in [0.4, 0.5) is 15.9 Å². The average Bonchev–Trinajstić information content (AvgIpc) is 2.47. The van der Waals surface area contributed by atoms with E-state index >= 15 is 0 Å². The molecular formula is C13H14FN3O4S. The first kappa shape index (κ1) is 16.0. The standard InChI is InChI=1S/C13H14FN3O4S/c1-20-11-12(15-7-16-13(11)21-2)17-10-5-4-8(6-9(10)14)22(3,18)19/h4-7H,1-3H3,(H,15,16,17). The van der Waals surface area contributed by atoms with Gasteiger partial charge in [0.05, 0.1) is 24.8 Å². The second-order valence-electron chi connectivity index (χ2n) is 4.30. The topological polar surface area (TPSA) is 90.4 Å². The zero-order valence-electron chi connectivity index (χ0n) is 12.1. The molecule has 1 aromatic carbocycles. The molecule has 0 saturated heterocycles. The normalized spacial score (nSPS) is 11.1. The Morgan fingerprint density at radius 3 is 2.45 bits per heavy atom. The summed E-state index contributed by atoms with van der Waals surface area (Å²) in [6.45, 7) is 0. The van der Waals surface area contributed by atoms with Crippen molar-refractivity contribution in [1.29, 1.82) is 0 Å². The van der Waals surface area contributed by atoms with Crippen molar-refractivity contribution >= 4 is 21.3 Å². The van der Waals surface area contributed by atoms with Crippen molar-refractivity contribution in [3.05, 3.63) is 30.3 Å². The highest BCUT2D eigenvalue weighted by Gasteiger charge is 2.16. The fourth-order valence-electron chi connectivity index (χ4n) is 1.73. The largest absolute Gasteiger partial charge is 0.489 e. The molecule has 0 aliphatic rings. The molecule has 2 aromatic rings. The summed E-state index contributed by atoms with van der Waals surface area (Å²) in [6.07, 6.45) is 2.24. The summed E-state index contributed by atoms with van der Waals surface area (Å²) in [5, 5.41) is 2.72. The molecule has 0 unspecified atom stereocenters. The minimum atomic E-state index is -3.48. The van der Waals surface area contributed by atoms with Crippen molar-refractivity contribution in [1.82, 2.24) is 9.97 Å². The quantitative estimate of drug-likeness (QED) is 0.895. The fraction of sp³-hybridized carbons (Fsp3) is 0.231. The second kappa shape index (κ2) is 6.14. The van der Waals surface area contributed by atoms with Gasteiger partial charge >= 0.3 is 0 Å². The van der Waals surface area contributed by atoms with Crippen molar-refractivity contribution in [3.63, 3.8) is 0 Å². The molecule has 0 fully saturated rings. The van der Waals surface area contributed by atoms with Crippen LogP contribution in [0.2, 0.25) is 0 Å². The predicted octanol–water partition coefficient (Wildman–Crippen LogP) is 1.78. The SMILES string of the molecule is COc1ncnc(Nc2ccc(S(C)(=O)=O)cc2F)c1OC. The van der Waals surface area contributed by atoms with E-state index < -0.39 is 15.7 Å². The van der Waals surface area contributed by atoms with E-state index in [2.05, 4.69) is 15.3 Å². The lowest BCUT2D eigenvalue weighted by molar-refractivity contribution is 0.342. The third-order valence-electron chi connectivity index (χ3n) is 2.79. The van der Waals surface area contributed by atoms with Gasteiger partial charge in [-0.1, -0.05) is 0 Å². The van der Waals surface area contributed by atoms with Crippen LogP contribution in [0.15, 0.2) is 29.4 Å². The van der Waals surface area contributed by atoms with Crippen molar-refractivity contribution in [3.8, 4) is 11.6 Å². The summed E-state index contributed by atoms with van der Waals surface area (Å²) in [4.78, 5) is 7.71. The monoisotopic (exact) mass is 327 g/mol. The first-order valence-corrected chi connectivity index (χ1v) is 7.95. The van der Waals surface area contributed by atoms with E-state index in [1.807, 2.05) is 0 Å². The van der Waals surface area contributed by atoms with E-state index in [0.717, 1.165) is 12.3 Å². The summed E-state index contributed by atoms with van der Waals surface area (Å²) >= 11 is 0. The average molecular weight is 327 g/mol. The molecular weight excluding hydrogens is 313 g/mol. The number of hydrogen-bond acceptors (Lipinski definition) is 7.